The van der Waals surface area contributed by atoms with E-state index >= 15 is 0 Å². The predicted molar refractivity (Wildman–Crippen MR) is 217 cm³/mol. The summed E-state index contributed by atoms with van der Waals surface area (Å²) >= 11 is 1.80. The Morgan fingerprint density at radius 2 is 0.863 bits per heavy atom. The van der Waals surface area contributed by atoms with E-state index in [1.54, 1.807) is 11.3 Å². The van der Waals surface area contributed by atoms with Crippen LogP contribution in [0.5, 0.6) is 0 Å². The van der Waals surface area contributed by atoms with Crippen LogP contribution < -0.4 is 0 Å². The van der Waals surface area contributed by atoms with E-state index in [2.05, 4.69) is 178 Å². The Kier molecular flexibility index (Phi) is 6.12. The molecule has 0 amide bonds. The minimum atomic E-state index is 1.08. The van der Waals surface area contributed by atoms with Crippen LogP contribution in [0.25, 0.3) is 97.5 Å². The molecule has 0 bridgehead atoms. The van der Waals surface area contributed by atoms with E-state index in [0.717, 1.165) is 11.2 Å². The standard InChI is InChI=1S/C47H29N3S/c1-2-9-34(10-3-1)49-41-13-6-4-11-36(41)38-27-32(18-23-43(38)49)33-19-24-44-39(28-33)37-12-5-7-14-42(37)50(44)35-21-16-30(17-22-35)31-20-25-45-40(29-31)47-46(51-45)15-8-26-48-47/h1-29H. The molecule has 0 atom stereocenters. The predicted octanol–water partition coefficient (Wildman–Crippen LogP) is 13.0. The van der Waals surface area contributed by atoms with E-state index in [4.69, 9.17) is 0 Å². The van der Waals surface area contributed by atoms with Crippen LogP contribution in [-0.4, -0.2) is 14.1 Å². The van der Waals surface area contributed by atoms with Gasteiger partial charge in [-0.25, -0.2) is 0 Å². The summed E-state index contributed by atoms with van der Waals surface area (Å²) in [5, 5.41) is 6.25. The molecule has 11 rings (SSSR count). The fourth-order valence-corrected chi connectivity index (χ4v) is 9.06. The van der Waals surface area contributed by atoms with E-state index in [0.29, 0.717) is 0 Å². The van der Waals surface area contributed by atoms with E-state index in [1.165, 1.54) is 86.3 Å². The maximum Gasteiger partial charge on any atom is 0.0888 e. The van der Waals surface area contributed by atoms with Crippen LogP contribution in [0.4, 0.5) is 0 Å². The average molecular weight is 668 g/mol. The molecule has 11 aromatic rings. The number of benzene rings is 7. The molecule has 3 nitrogen and oxygen atoms in total. The molecule has 4 heteroatoms. The van der Waals surface area contributed by atoms with Crippen molar-refractivity contribution in [1.82, 2.24) is 14.1 Å². The second-order valence-electron chi connectivity index (χ2n) is 13.2. The van der Waals surface area contributed by atoms with Gasteiger partial charge in [-0.1, -0.05) is 84.9 Å². The van der Waals surface area contributed by atoms with Gasteiger partial charge in [0.05, 0.1) is 32.3 Å². The third kappa shape index (κ3) is 4.33. The molecule has 51 heavy (non-hydrogen) atoms. The van der Waals surface area contributed by atoms with Crippen molar-refractivity contribution in [3.63, 3.8) is 0 Å². The SMILES string of the molecule is c1ccc(-n2c3ccccc3c3cc(-c4ccc5c(c4)c4ccccc4n5-c4ccc(-c5ccc6sc7cccnc7c6c5)cc4)ccc32)cc1. The van der Waals surface area contributed by atoms with Crippen LogP contribution in [0.2, 0.25) is 0 Å². The van der Waals surface area contributed by atoms with Crippen molar-refractivity contribution in [3.8, 4) is 33.6 Å². The molecule has 0 spiro atoms. The van der Waals surface area contributed by atoms with Gasteiger partial charge < -0.3 is 9.13 Å². The summed E-state index contributed by atoms with van der Waals surface area (Å²) < 4.78 is 7.27. The minimum absolute atomic E-state index is 1.08. The molecule has 0 saturated carbocycles. The number of nitrogens with zero attached hydrogens (tertiary/aromatic N) is 3. The summed E-state index contributed by atoms with van der Waals surface area (Å²) in [7, 11) is 0. The van der Waals surface area contributed by atoms with E-state index in [1.807, 2.05) is 12.3 Å². The summed E-state index contributed by atoms with van der Waals surface area (Å²) in [6.07, 6.45) is 1.88. The maximum atomic E-state index is 4.68. The van der Waals surface area contributed by atoms with Crippen LogP contribution in [-0.2, 0) is 0 Å². The van der Waals surface area contributed by atoms with Gasteiger partial charge in [-0.05, 0) is 107 Å². The summed E-state index contributed by atoms with van der Waals surface area (Å²) in [5.74, 6) is 0. The Morgan fingerprint density at radius 1 is 0.353 bits per heavy atom. The van der Waals surface area contributed by atoms with Crippen molar-refractivity contribution in [2.45, 2.75) is 0 Å². The van der Waals surface area contributed by atoms with Gasteiger partial charge in [0, 0.05) is 49.2 Å². The fourth-order valence-electron chi connectivity index (χ4n) is 8.02. The largest absolute Gasteiger partial charge is 0.309 e. The van der Waals surface area contributed by atoms with Crippen LogP contribution in [0.1, 0.15) is 0 Å². The zero-order chi connectivity index (χ0) is 33.5. The van der Waals surface area contributed by atoms with E-state index < -0.39 is 0 Å². The second-order valence-corrected chi connectivity index (χ2v) is 14.3. The first-order chi connectivity index (χ1) is 25.3. The average Bonchev–Trinajstić information content (AvgIpc) is 3.85. The highest BCUT2D eigenvalue weighted by molar-refractivity contribution is 7.25. The number of aromatic nitrogens is 3. The molecule has 0 N–H and O–H groups in total. The molecule has 7 aromatic carbocycles. The fraction of sp³-hybridized carbons (Fsp3) is 0. The molecule has 0 radical (unpaired) electrons. The Morgan fingerprint density at radius 3 is 1.53 bits per heavy atom. The van der Waals surface area contributed by atoms with Gasteiger partial charge in [0.15, 0.2) is 0 Å². The van der Waals surface area contributed by atoms with Crippen molar-refractivity contribution >= 4 is 75.3 Å². The van der Waals surface area contributed by atoms with Crippen LogP contribution in [0.3, 0.4) is 0 Å². The second kappa shape index (κ2) is 11.0. The van der Waals surface area contributed by atoms with Crippen molar-refractivity contribution in [3.05, 3.63) is 176 Å². The highest BCUT2D eigenvalue weighted by atomic mass is 32.1. The van der Waals surface area contributed by atoms with E-state index in [9.17, 15) is 0 Å². The highest BCUT2D eigenvalue weighted by Gasteiger charge is 2.16. The summed E-state index contributed by atoms with van der Waals surface area (Å²) in [4.78, 5) is 4.68. The monoisotopic (exact) mass is 667 g/mol. The highest BCUT2D eigenvalue weighted by Crippen LogP contribution is 2.39. The third-order valence-corrected chi connectivity index (χ3v) is 11.5. The number of fused-ring (bicyclic) bond motifs is 9. The van der Waals surface area contributed by atoms with Gasteiger partial charge in [0.25, 0.3) is 0 Å². The number of rotatable bonds is 4. The molecule has 0 aliphatic heterocycles. The molecular formula is C47H29N3S. The molecule has 238 valence electrons. The third-order valence-electron chi connectivity index (χ3n) is 10.4. The molecule has 0 aliphatic carbocycles. The summed E-state index contributed by atoms with van der Waals surface area (Å²) in [5.41, 5.74) is 13.1. The molecule has 0 aliphatic rings. The first kappa shape index (κ1) is 28.4. The van der Waals surface area contributed by atoms with Crippen LogP contribution in [0.15, 0.2) is 176 Å². The maximum absolute atomic E-state index is 4.68. The van der Waals surface area contributed by atoms with Crippen LogP contribution in [0, 0.1) is 0 Å². The van der Waals surface area contributed by atoms with Gasteiger partial charge in [-0.15, -0.1) is 11.3 Å². The Bertz CT molecular complexity index is 3130. The number of hydrogen-bond acceptors (Lipinski definition) is 2. The van der Waals surface area contributed by atoms with Crippen molar-refractivity contribution in [1.29, 1.82) is 0 Å². The Hall–Kier alpha value is -6.49. The normalized spacial score (nSPS) is 11.9. The van der Waals surface area contributed by atoms with Gasteiger partial charge >= 0.3 is 0 Å². The first-order valence-corrected chi connectivity index (χ1v) is 18.1. The molecule has 0 fully saturated rings. The van der Waals surface area contributed by atoms with Gasteiger partial charge in [-0.3, -0.25) is 4.98 Å². The molecule has 0 unspecified atom stereocenters. The number of hydrogen-bond donors (Lipinski definition) is 0. The molecule has 0 saturated heterocycles. The topological polar surface area (TPSA) is 22.8 Å². The van der Waals surface area contributed by atoms with Crippen LogP contribution >= 0.6 is 11.3 Å². The lowest BCUT2D eigenvalue weighted by Crippen LogP contribution is -1.94. The number of para-hydroxylation sites is 3. The lowest BCUT2D eigenvalue weighted by atomic mass is 10.0. The quantitative estimate of drug-likeness (QED) is 0.183. The van der Waals surface area contributed by atoms with Gasteiger partial charge in [0.1, 0.15) is 0 Å². The smallest absolute Gasteiger partial charge is 0.0888 e. The molecular weight excluding hydrogens is 639 g/mol. The first-order valence-electron chi connectivity index (χ1n) is 17.3. The van der Waals surface area contributed by atoms with Gasteiger partial charge in [0.2, 0.25) is 0 Å². The molecule has 4 heterocycles. The van der Waals surface area contributed by atoms with E-state index in [-0.39, 0.29) is 0 Å². The number of thiophene rings is 1. The van der Waals surface area contributed by atoms with Crippen molar-refractivity contribution in [2.75, 3.05) is 0 Å². The van der Waals surface area contributed by atoms with Gasteiger partial charge in [-0.2, -0.15) is 0 Å². The zero-order valence-electron chi connectivity index (χ0n) is 27.5. The van der Waals surface area contributed by atoms with Crippen molar-refractivity contribution in [2.24, 2.45) is 0 Å². The molecule has 4 aromatic heterocycles. The lowest BCUT2D eigenvalue weighted by Gasteiger charge is -2.10. The lowest BCUT2D eigenvalue weighted by molar-refractivity contribution is 1.18. The number of pyridine rings is 1. The minimum Gasteiger partial charge on any atom is -0.309 e. The summed E-state index contributed by atoms with van der Waals surface area (Å²) in [6.45, 7) is 0. The summed E-state index contributed by atoms with van der Waals surface area (Å²) in [6, 6.07) is 61.9. The Balaban J connectivity index is 1.02. The Labute approximate surface area is 297 Å². The van der Waals surface area contributed by atoms with Crippen molar-refractivity contribution < 1.29 is 0 Å². The zero-order valence-corrected chi connectivity index (χ0v) is 28.3.